The van der Waals surface area contributed by atoms with Crippen molar-refractivity contribution in [2.45, 2.75) is 79.2 Å². The van der Waals surface area contributed by atoms with Crippen LogP contribution in [0.5, 0.6) is 11.5 Å². The van der Waals surface area contributed by atoms with Crippen molar-refractivity contribution in [3.05, 3.63) is 87.0 Å². The maximum absolute atomic E-state index is 6.18. The minimum Gasteiger partial charge on any atom is -0.498 e. The fourth-order valence-corrected chi connectivity index (χ4v) is 5.11. The molecule has 0 amide bonds. The number of nitrogens with one attached hydrogen (secondary N) is 1. The van der Waals surface area contributed by atoms with Crippen LogP contribution < -0.4 is 14.8 Å². The smallest absolute Gasteiger partial charge is 0.166 e. The molecule has 0 saturated heterocycles. The van der Waals surface area contributed by atoms with Crippen LogP contribution >= 0.6 is 23.8 Å². The molecule has 43 heavy (non-hydrogen) atoms. The zero-order valence-corrected chi connectivity index (χ0v) is 28.2. The van der Waals surface area contributed by atoms with Crippen molar-refractivity contribution in [1.29, 1.82) is 0 Å². The zero-order valence-electron chi connectivity index (χ0n) is 26.6. The van der Waals surface area contributed by atoms with E-state index in [9.17, 15) is 0 Å². The summed E-state index contributed by atoms with van der Waals surface area (Å²) in [5.74, 6) is 4.59. The average molecular weight is 628 g/mol. The first-order chi connectivity index (χ1) is 20.7. The lowest BCUT2D eigenvalue weighted by Gasteiger charge is -2.21. The van der Waals surface area contributed by atoms with Crippen molar-refractivity contribution in [1.82, 2.24) is 0 Å². The van der Waals surface area contributed by atoms with E-state index in [1.807, 2.05) is 43.3 Å². The molecule has 1 aliphatic carbocycles. The Morgan fingerprint density at radius 2 is 1.81 bits per heavy atom. The molecular formula is C35H46ClNO5S. The van der Waals surface area contributed by atoms with Crippen LogP contribution in [0.4, 0.5) is 5.69 Å². The van der Waals surface area contributed by atoms with Gasteiger partial charge in [0.2, 0.25) is 0 Å². The van der Waals surface area contributed by atoms with Gasteiger partial charge in [-0.3, -0.25) is 0 Å². The fourth-order valence-electron chi connectivity index (χ4n) is 4.76. The molecule has 6 nitrogen and oxygen atoms in total. The SMILES string of the molecule is CCC/C=C(/C)OC(CCC(OCC)=C1CC1)=C(C)C.COc1cccc([C@H]2OCC(=S)Nc3ccc(Cl)cc32)c1OC. The summed E-state index contributed by atoms with van der Waals surface area (Å²) >= 11 is 11.5. The van der Waals surface area contributed by atoms with E-state index in [2.05, 4.69) is 39.1 Å². The third-order valence-electron chi connectivity index (χ3n) is 7.02. The third-order valence-corrected chi connectivity index (χ3v) is 7.48. The highest BCUT2D eigenvalue weighted by Gasteiger charge is 2.27. The number of fused-ring (bicyclic) bond motifs is 1. The Kier molecular flexibility index (Phi) is 13.9. The van der Waals surface area contributed by atoms with Crippen LogP contribution in [0.3, 0.4) is 0 Å². The summed E-state index contributed by atoms with van der Waals surface area (Å²) in [7, 11) is 3.22. The van der Waals surface area contributed by atoms with E-state index >= 15 is 0 Å². The van der Waals surface area contributed by atoms with Crippen molar-refractivity contribution < 1.29 is 23.7 Å². The first-order valence-electron chi connectivity index (χ1n) is 15.0. The molecule has 4 rings (SSSR count). The molecule has 2 aromatic rings. The number of allylic oxidation sites excluding steroid dienone is 6. The highest BCUT2D eigenvalue weighted by atomic mass is 35.5. The van der Waals surface area contributed by atoms with Crippen LogP contribution in [0, 0.1) is 0 Å². The van der Waals surface area contributed by atoms with E-state index in [-0.39, 0.29) is 6.10 Å². The lowest BCUT2D eigenvalue weighted by Crippen LogP contribution is -2.13. The number of anilines is 1. The lowest BCUT2D eigenvalue weighted by molar-refractivity contribution is 0.113. The quantitative estimate of drug-likeness (QED) is 0.186. The number of benzene rings is 2. The van der Waals surface area contributed by atoms with E-state index in [1.165, 1.54) is 29.7 Å². The van der Waals surface area contributed by atoms with Crippen LogP contribution in [-0.2, 0) is 14.2 Å². The van der Waals surface area contributed by atoms with Crippen molar-refractivity contribution in [3.8, 4) is 11.5 Å². The van der Waals surface area contributed by atoms with Crippen LogP contribution in [0.25, 0.3) is 0 Å². The molecular weight excluding hydrogens is 582 g/mol. The van der Waals surface area contributed by atoms with Gasteiger partial charge in [-0.05, 0) is 88.4 Å². The van der Waals surface area contributed by atoms with Gasteiger partial charge in [0.15, 0.2) is 11.5 Å². The molecule has 1 N–H and O–H groups in total. The molecule has 0 bridgehead atoms. The van der Waals surface area contributed by atoms with E-state index in [0.717, 1.165) is 60.6 Å². The number of methoxy groups -OCH3 is 2. The average Bonchev–Trinajstić information content (AvgIpc) is 3.85. The van der Waals surface area contributed by atoms with Crippen molar-refractivity contribution in [2.24, 2.45) is 0 Å². The molecule has 0 aromatic heterocycles. The number of hydrogen-bond acceptors (Lipinski definition) is 6. The van der Waals surface area contributed by atoms with Crippen molar-refractivity contribution in [3.63, 3.8) is 0 Å². The summed E-state index contributed by atoms with van der Waals surface area (Å²) in [6.07, 6.45) is 8.38. The minimum atomic E-state index is -0.360. The largest absolute Gasteiger partial charge is 0.498 e. The van der Waals surface area contributed by atoms with Gasteiger partial charge in [0.25, 0.3) is 0 Å². The molecule has 8 heteroatoms. The second-order valence-corrected chi connectivity index (χ2v) is 11.6. The second kappa shape index (κ2) is 17.3. The Labute approximate surface area is 268 Å². The summed E-state index contributed by atoms with van der Waals surface area (Å²) in [5, 5.41) is 3.82. The summed E-state index contributed by atoms with van der Waals surface area (Å²) < 4.78 is 28.7. The normalized spacial score (nSPS) is 15.6. The second-order valence-electron chi connectivity index (χ2n) is 10.6. The number of unbranched alkanes of at least 4 members (excludes halogenated alkanes) is 1. The topological polar surface area (TPSA) is 58.2 Å². The summed E-state index contributed by atoms with van der Waals surface area (Å²) in [6, 6.07) is 11.3. The highest BCUT2D eigenvalue weighted by molar-refractivity contribution is 7.80. The molecule has 2 aromatic carbocycles. The van der Waals surface area contributed by atoms with E-state index in [1.54, 1.807) is 14.2 Å². The van der Waals surface area contributed by atoms with Crippen LogP contribution in [0.1, 0.15) is 90.4 Å². The maximum atomic E-state index is 6.18. The number of ether oxygens (including phenoxy) is 5. The highest BCUT2D eigenvalue weighted by Crippen LogP contribution is 2.42. The van der Waals surface area contributed by atoms with Crippen LogP contribution in [0.2, 0.25) is 5.02 Å². The summed E-state index contributed by atoms with van der Waals surface area (Å²) in [6.45, 7) is 11.6. The molecule has 234 valence electrons. The Morgan fingerprint density at radius 3 is 2.44 bits per heavy atom. The molecule has 1 fully saturated rings. The van der Waals surface area contributed by atoms with E-state index < -0.39 is 0 Å². The van der Waals surface area contributed by atoms with Gasteiger partial charge in [-0.1, -0.05) is 49.3 Å². The van der Waals surface area contributed by atoms with Gasteiger partial charge in [-0.15, -0.1) is 0 Å². The molecule has 2 aliphatic rings. The van der Waals surface area contributed by atoms with E-state index in [0.29, 0.717) is 28.1 Å². The molecule has 0 spiro atoms. The van der Waals surface area contributed by atoms with Gasteiger partial charge in [-0.25, -0.2) is 0 Å². The first kappa shape index (κ1) is 34.5. The molecule has 0 radical (unpaired) electrons. The number of hydrogen-bond donors (Lipinski definition) is 1. The molecule has 1 saturated carbocycles. The Hall–Kier alpha value is -3.00. The Bertz CT molecular complexity index is 1340. The summed E-state index contributed by atoms with van der Waals surface area (Å²) in [5.41, 5.74) is 5.40. The first-order valence-corrected chi connectivity index (χ1v) is 15.8. The van der Waals surface area contributed by atoms with Crippen LogP contribution in [-0.4, -0.2) is 32.4 Å². The Morgan fingerprint density at radius 1 is 1.05 bits per heavy atom. The van der Waals surface area contributed by atoms with Gasteiger partial charge in [-0.2, -0.15) is 0 Å². The minimum absolute atomic E-state index is 0.312. The number of para-hydroxylation sites is 1. The predicted molar refractivity (Wildman–Crippen MR) is 180 cm³/mol. The third kappa shape index (κ3) is 10.3. The number of rotatable bonds is 12. The van der Waals surface area contributed by atoms with Crippen molar-refractivity contribution in [2.75, 3.05) is 32.8 Å². The monoisotopic (exact) mass is 627 g/mol. The molecule has 1 aliphatic heterocycles. The number of thiocarbonyl (C=S) groups is 1. The zero-order chi connectivity index (χ0) is 31.4. The van der Waals surface area contributed by atoms with Gasteiger partial charge in [0.1, 0.15) is 16.9 Å². The fraction of sp³-hybridized carbons (Fsp3) is 0.457. The molecule has 1 heterocycles. The van der Waals surface area contributed by atoms with Crippen molar-refractivity contribution >= 4 is 34.5 Å². The van der Waals surface area contributed by atoms with Gasteiger partial charge in [0.05, 0.1) is 39.0 Å². The summed E-state index contributed by atoms with van der Waals surface area (Å²) in [4.78, 5) is 0.623. The molecule has 0 unspecified atom stereocenters. The maximum Gasteiger partial charge on any atom is 0.166 e. The lowest BCUT2D eigenvalue weighted by atomic mass is 9.98. The van der Waals surface area contributed by atoms with Gasteiger partial charge < -0.3 is 29.0 Å². The van der Waals surface area contributed by atoms with Gasteiger partial charge in [0, 0.05) is 34.7 Å². The number of halogens is 1. The Balaban J connectivity index is 0.000000238. The standard InChI is InChI=1S/C18H30O2.C17H16ClNO3S/c1-6-8-9-15(5)20-17(14(3)4)12-13-18(19-7-2)16-10-11-16;1-20-14-5-3-4-11(17(14)21-2)16-12-8-10(18)6-7-13(12)19-15(23)9-22-16/h9H,6-8,10-13H2,1-5H3;3-8,16H,9H2,1-2H3,(H,19,23)/b15-9-;/t;16-/m.1/s1. The van der Waals surface area contributed by atoms with Gasteiger partial charge >= 0.3 is 0 Å². The molecule has 1 atom stereocenters. The predicted octanol–water partition coefficient (Wildman–Crippen LogP) is 10.1. The van der Waals surface area contributed by atoms with E-state index in [4.69, 9.17) is 47.5 Å². The van der Waals surface area contributed by atoms with Crippen LogP contribution in [0.15, 0.2) is 70.9 Å².